The van der Waals surface area contributed by atoms with E-state index in [1.165, 1.54) is 6.42 Å². The van der Waals surface area contributed by atoms with Crippen molar-refractivity contribution in [3.8, 4) is 5.75 Å². The van der Waals surface area contributed by atoms with Crippen molar-refractivity contribution in [2.75, 3.05) is 44.1 Å². The average Bonchev–Trinajstić information content (AvgIpc) is 2.73. The summed E-state index contributed by atoms with van der Waals surface area (Å²) < 4.78 is 5.14. The average molecular weight is 384 g/mol. The molecule has 0 atom stereocenters. The van der Waals surface area contributed by atoms with Crippen LogP contribution in [0.15, 0.2) is 24.3 Å². The standard InChI is InChI=1S/C20H28N6O2/c1-25(2)19-22-17(23-20(24-19)26-11-5-4-6-12-26)14-21-18(27)13-15-7-9-16(28-3)10-8-15/h7-10H,4-6,11-14H2,1-3H3,(H,21,27). The van der Waals surface area contributed by atoms with Gasteiger partial charge in [-0.25, -0.2) is 0 Å². The quantitative estimate of drug-likeness (QED) is 0.779. The summed E-state index contributed by atoms with van der Waals surface area (Å²) in [5, 5.41) is 2.91. The minimum absolute atomic E-state index is 0.0727. The number of anilines is 2. The lowest BCUT2D eigenvalue weighted by Crippen LogP contribution is -2.33. The molecular formula is C20H28N6O2. The Morgan fingerprint density at radius 1 is 1.11 bits per heavy atom. The number of aromatic nitrogens is 3. The van der Waals surface area contributed by atoms with Crippen LogP contribution >= 0.6 is 0 Å². The van der Waals surface area contributed by atoms with Crippen molar-refractivity contribution < 1.29 is 9.53 Å². The number of hydrogen-bond donors (Lipinski definition) is 1. The van der Waals surface area contributed by atoms with Crippen molar-refractivity contribution >= 4 is 17.8 Å². The van der Waals surface area contributed by atoms with Crippen molar-refractivity contribution in [2.24, 2.45) is 0 Å². The Morgan fingerprint density at radius 3 is 2.46 bits per heavy atom. The summed E-state index contributed by atoms with van der Waals surface area (Å²) in [4.78, 5) is 30.0. The topological polar surface area (TPSA) is 83.5 Å². The second kappa shape index (κ2) is 9.34. The van der Waals surface area contributed by atoms with Crippen molar-refractivity contribution in [3.05, 3.63) is 35.7 Å². The highest BCUT2D eigenvalue weighted by molar-refractivity contribution is 5.78. The summed E-state index contributed by atoms with van der Waals surface area (Å²) in [6, 6.07) is 7.48. The Balaban J connectivity index is 1.64. The Kier molecular flexibility index (Phi) is 6.62. The Labute approximate surface area is 166 Å². The molecule has 0 unspecified atom stereocenters. The fourth-order valence-corrected chi connectivity index (χ4v) is 3.08. The predicted molar refractivity (Wildman–Crippen MR) is 109 cm³/mol. The van der Waals surface area contributed by atoms with Gasteiger partial charge in [-0.2, -0.15) is 15.0 Å². The lowest BCUT2D eigenvalue weighted by atomic mass is 10.1. The molecule has 1 saturated heterocycles. The van der Waals surface area contributed by atoms with Crippen LogP contribution in [0.5, 0.6) is 5.75 Å². The number of hydrogen-bond acceptors (Lipinski definition) is 7. The lowest BCUT2D eigenvalue weighted by Gasteiger charge is -2.27. The molecule has 1 aliphatic heterocycles. The van der Waals surface area contributed by atoms with Crippen LogP contribution in [0.1, 0.15) is 30.7 Å². The molecule has 1 aliphatic rings. The first kappa shape index (κ1) is 19.9. The molecule has 1 fully saturated rings. The number of nitrogens with zero attached hydrogens (tertiary/aromatic N) is 5. The first-order valence-corrected chi connectivity index (χ1v) is 9.62. The smallest absolute Gasteiger partial charge is 0.230 e. The van der Waals surface area contributed by atoms with E-state index in [9.17, 15) is 4.79 Å². The van der Waals surface area contributed by atoms with Gasteiger partial charge in [-0.15, -0.1) is 0 Å². The summed E-state index contributed by atoms with van der Waals surface area (Å²) in [7, 11) is 5.43. The molecule has 1 N–H and O–H groups in total. The third kappa shape index (κ3) is 5.31. The highest BCUT2D eigenvalue weighted by atomic mass is 16.5. The fraction of sp³-hybridized carbons (Fsp3) is 0.500. The molecule has 1 aromatic heterocycles. The summed E-state index contributed by atoms with van der Waals surface area (Å²) in [5.74, 6) is 2.57. The third-order valence-electron chi connectivity index (χ3n) is 4.66. The van der Waals surface area contributed by atoms with Gasteiger partial charge in [0.05, 0.1) is 20.1 Å². The molecule has 28 heavy (non-hydrogen) atoms. The van der Waals surface area contributed by atoms with Gasteiger partial charge in [0.15, 0.2) is 5.82 Å². The van der Waals surface area contributed by atoms with E-state index >= 15 is 0 Å². The van der Waals surface area contributed by atoms with Crippen LogP contribution in [-0.2, 0) is 17.8 Å². The van der Waals surface area contributed by atoms with Gasteiger partial charge < -0.3 is 19.9 Å². The fourth-order valence-electron chi connectivity index (χ4n) is 3.08. The molecule has 0 spiro atoms. The minimum Gasteiger partial charge on any atom is -0.497 e. The van der Waals surface area contributed by atoms with E-state index in [1.807, 2.05) is 43.3 Å². The van der Waals surface area contributed by atoms with Gasteiger partial charge in [-0.1, -0.05) is 12.1 Å². The zero-order valence-corrected chi connectivity index (χ0v) is 16.8. The lowest BCUT2D eigenvalue weighted by molar-refractivity contribution is -0.120. The largest absolute Gasteiger partial charge is 0.497 e. The second-order valence-electron chi connectivity index (χ2n) is 7.10. The van der Waals surface area contributed by atoms with Crippen molar-refractivity contribution in [1.82, 2.24) is 20.3 Å². The van der Waals surface area contributed by atoms with E-state index in [4.69, 9.17) is 4.74 Å². The van der Waals surface area contributed by atoms with E-state index < -0.39 is 0 Å². The number of nitrogens with one attached hydrogen (secondary N) is 1. The molecule has 0 radical (unpaired) electrons. The maximum Gasteiger partial charge on any atom is 0.230 e. The maximum absolute atomic E-state index is 12.3. The van der Waals surface area contributed by atoms with Crippen LogP contribution in [0.2, 0.25) is 0 Å². The van der Waals surface area contributed by atoms with Gasteiger partial charge in [0.25, 0.3) is 0 Å². The molecule has 8 heteroatoms. The van der Waals surface area contributed by atoms with Gasteiger partial charge in [0, 0.05) is 27.2 Å². The Morgan fingerprint density at radius 2 is 1.82 bits per heavy atom. The molecular weight excluding hydrogens is 356 g/mol. The van der Waals surface area contributed by atoms with Crippen LogP contribution in [0.25, 0.3) is 0 Å². The summed E-state index contributed by atoms with van der Waals surface area (Å²) in [6.07, 6.45) is 3.85. The van der Waals surface area contributed by atoms with Crippen LogP contribution in [-0.4, -0.2) is 55.2 Å². The number of piperidine rings is 1. The van der Waals surface area contributed by atoms with E-state index in [-0.39, 0.29) is 12.5 Å². The van der Waals surface area contributed by atoms with Crippen molar-refractivity contribution in [3.63, 3.8) is 0 Å². The van der Waals surface area contributed by atoms with E-state index in [0.29, 0.717) is 24.1 Å². The third-order valence-corrected chi connectivity index (χ3v) is 4.66. The highest BCUT2D eigenvalue weighted by Crippen LogP contribution is 2.18. The van der Waals surface area contributed by atoms with E-state index in [1.54, 1.807) is 7.11 Å². The Bertz CT molecular complexity index is 788. The first-order chi connectivity index (χ1) is 13.5. The van der Waals surface area contributed by atoms with Crippen molar-refractivity contribution in [2.45, 2.75) is 32.2 Å². The van der Waals surface area contributed by atoms with Gasteiger partial charge in [-0.05, 0) is 37.0 Å². The monoisotopic (exact) mass is 384 g/mol. The zero-order valence-electron chi connectivity index (χ0n) is 16.8. The van der Waals surface area contributed by atoms with Gasteiger partial charge in [0.2, 0.25) is 17.8 Å². The number of rotatable bonds is 7. The highest BCUT2D eigenvalue weighted by Gasteiger charge is 2.17. The van der Waals surface area contributed by atoms with Crippen LogP contribution in [0, 0.1) is 0 Å². The summed E-state index contributed by atoms with van der Waals surface area (Å²) in [6.45, 7) is 2.19. The van der Waals surface area contributed by atoms with E-state index in [0.717, 1.165) is 37.2 Å². The van der Waals surface area contributed by atoms with Crippen LogP contribution in [0.4, 0.5) is 11.9 Å². The van der Waals surface area contributed by atoms with Gasteiger partial charge in [0.1, 0.15) is 5.75 Å². The zero-order chi connectivity index (χ0) is 19.9. The normalized spacial score (nSPS) is 13.9. The number of amides is 1. The maximum atomic E-state index is 12.3. The number of carbonyl (C=O) groups is 1. The minimum atomic E-state index is -0.0727. The molecule has 0 bridgehead atoms. The van der Waals surface area contributed by atoms with Crippen molar-refractivity contribution in [1.29, 1.82) is 0 Å². The Hall–Kier alpha value is -2.90. The molecule has 2 heterocycles. The van der Waals surface area contributed by atoms with E-state index in [2.05, 4.69) is 25.2 Å². The second-order valence-corrected chi connectivity index (χ2v) is 7.10. The molecule has 1 amide bonds. The van der Waals surface area contributed by atoms with Gasteiger partial charge >= 0.3 is 0 Å². The number of benzene rings is 1. The predicted octanol–water partition coefficient (Wildman–Crippen LogP) is 1.80. The first-order valence-electron chi connectivity index (χ1n) is 9.62. The summed E-state index contributed by atoms with van der Waals surface area (Å²) >= 11 is 0. The molecule has 3 rings (SSSR count). The molecule has 0 saturated carbocycles. The number of carbonyl (C=O) groups excluding carboxylic acids is 1. The number of ether oxygens (including phenoxy) is 1. The number of methoxy groups -OCH3 is 1. The summed E-state index contributed by atoms with van der Waals surface area (Å²) in [5.41, 5.74) is 0.928. The molecule has 2 aromatic rings. The molecule has 0 aliphatic carbocycles. The molecule has 8 nitrogen and oxygen atoms in total. The van der Waals surface area contributed by atoms with Crippen LogP contribution in [0.3, 0.4) is 0 Å². The molecule has 1 aromatic carbocycles. The SMILES string of the molecule is COc1ccc(CC(=O)NCc2nc(N(C)C)nc(N3CCCCC3)n2)cc1. The van der Waals surface area contributed by atoms with Crippen LogP contribution < -0.4 is 19.9 Å². The molecule has 150 valence electrons. The van der Waals surface area contributed by atoms with Gasteiger partial charge in [-0.3, -0.25) is 4.79 Å².